The molecule has 2 spiro atoms. The zero-order valence-electron chi connectivity index (χ0n) is 16.8. The standard InChI is InChI=1S/C20H30O8/c1-9-8-26-10(7-21)13(23)19-14-11(22)12(17(2,3)4)18(19)5-6-25-16(18)28-20(9,19)15(24)27-14/h9-14,16,21-23H,5-8H2,1-4H3/t9-,10?,11-,12+,13+,14?,16?,18?,19?,20?/m1/s1. The highest BCUT2D eigenvalue weighted by Gasteiger charge is 2.94. The lowest BCUT2D eigenvalue weighted by Gasteiger charge is -2.49. The molecule has 158 valence electrons. The van der Waals surface area contributed by atoms with E-state index in [2.05, 4.69) is 0 Å². The lowest BCUT2D eigenvalue weighted by Crippen LogP contribution is -2.65. The van der Waals surface area contributed by atoms with Crippen molar-refractivity contribution >= 4 is 5.97 Å². The van der Waals surface area contributed by atoms with Crippen molar-refractivity contribution < 1.29 is 39.1 Å². The maximum Gasteiger partial charge on any atom is 0.340 e. The van der Waals surface area contributed by atoms with Crippen LogP contribution in [0.3, 0.4) is 0 Å². The predicted octanol–water partition coefficient (Wildman–Crippen LogP) is -0.175. The molecule has 0 amide bonds. The van der Waals surface area contributed by atoms with Gasteiger partial charge in [0, 0.05) is 17.3 Å². The smallest absolute Gasteiger partial charge is 0.340 e. The maximum absolute atomic E-state index is 13.3. The van der Waals surface area contributed by atoms with Gasteiger partial charge in [0.1, 0.15) is 12.2 Å². The van der Waals surface area contributed by atoms with Gasteiger partial charge in [-0.1, -0.05) is 27.7 Å². The van der Waals surface area contributed by atoms with E-state index in [0.29, 0.717) is 13.0 Å². The van der Waals surface area contributed by atoms with Crippen LogP contribution in [-0.2, 0) is 23.7 Å². The summed E-state index contributed by atoms with van der Waals surface area (Å²) in [4.78, 5) is 13.3. The van der Waals surface area contributed by atoms with E-state index < -0.39 is 65.6 Å². The van der Waals surface area contributed by atoms with Gasteiger partial charge in [-0.25, -0.2) is 4.79 Å². The number of rotatable bonds is 1. The molecule has 1 aliphatic carbocycles. The fourth-order valence-corrected chi connectivity index (χ4v) is 7.72. The van der Waals surface area contributed by atoms with Crippen molar-refractivity contribution in [2.75, 3.05) is 19.8 Å². The SMILES string of the molecule is C[C@@H]1COC(CO)[C@H](O)C23C4OC(=O)C12OC1OCCC13[C@H](C(C)(C)C)[C@H]4O. The van der Waals surface area contributed by atoms with E-state index in [1.165, 1.54) is 0 Å². The Morgan fingerprint density at radius 2 is 1.93 bits per heavy atom. The van der Waals surface area contributed by atoms with Gasteiger partial charge in [0.05, 0.1) is 37.4 Å². The van der Waals surface area contributed by atoms with Crippen LogP contribution in [0.4, 0.5) is 0 Å². The van der Waals surface area contributed by atoms with Gasteiger partial charge >= 0.3 is 5.97 Å². The van der Waals surface area contributed by atoms with Crippen LogP contribution in [0, 0.1) is 28.1 Å². The minimum Gasteiger partial charge on any atom is -0.457 e. The maximum atomic E-state index is 13.3. The lowest BCUT2D eigenvalue weighted by atomic mass is 9.49. The average molecular weight is 398 g/mol. The van der Waals surface area contributed by atoms with Gasteiger partial charge in [-0.15, -0.1) is 0 Å². The van der Waals surface area contributed by atoms with Gasteiger partial charge < -0.3 is 34.3 Å². The van der Waals surface area contributed by atoms with Crippen molar-refractivity contribution in [3.05, 3.63) is 0 Å². The van der Waals surface area contributed by atoms with Crippen LogP contribution < -0.4 is 0 Å². The first kappa shape index (κ1) is 19.2. The minimum atomic E-state index is -1.48. The van der Waals surface area contributed by atoms with Crippen molar-refractivity contribution in [1.82, 2.24) is 0 Å². The highest BCUT2D eigenvalue weighted by molar-refractivity contribution is 5.86. The molecule has 5 rings (SSSR count). The summed E-state index contributed by atoms with van der Waals surface area (Å²) in [5, 5.41) is 33.1. The summed E-state index contributed by atoms with van der Waals surface area (Å²) in [6.07, 6.45) is -4.24. The van der Waals surface area contributed by atoms with E-state index in [0.717, 1.165) is 0 Å². The molecule has 8 nitrogen and oxygen atoms in total. The van der Waals surface area contributed by atoms with Gasteiger partial charge in [-0.3, -0.25) is 0 Å². The van der Waals surface area contributed by atoms with Gasteiger partial charge in [-0.05, 0) is 11.8 Å². The van der Waals surface area contributed by atoms with Crippen LogP contribution >= 0.6 is 0 Å². The fraction of sp³-hybridized carbons (Fsp3) is 0.950. The molecule has 10 atom stereocenters. The molecule has 6 unspecified atom stereocenters. The van der Waals surface area contributed by atoms with Crippen LogP contribution in [0.5, 0.6) is 0 Å². The fourth-order valence-electron chi connectivity index (χ4n) is 7.72. The first-order valence-electron chi connectivity index (χ1n) is 10.2. The number of ether oxygens (including phenoxy) is 4. The molecule has 4 aliphatic heterocycles. The molecule has 0 aromatic heterocycles. The largest absolute Gasteiger partial charge is 0.457 e. The first-order chi connectivity index (χ1) is 13.1. The Bertz CT molecular complexity index is 705. The van der Waals surface area contributed by atoms with Crippen molar-refractivity contribution in [3.63, 3.8) is 0 Å². The van der Waals surface area contributed by atoms with E-state index in [9.17, 15) is 20.1 Å². The van der Waals surface area contributed by atoms with Crippen molar-refractivity contribution in [2.45, 2.75) is 70.4 Å². The van der Waals surface area contributed by atoms with Crippen molar-refractivity contribution in [1.29, 1.82) is 0 Å². The number of aliphatic hydroxyl groups is 3. The number of hydrogen-bond donors (Lipinski definition) is 3. The summed E-state index contributed by atoms with van der Waals surface area (Å²) in [6, 6.07) is 0. The van der Waals surface area contributed by atoms with E-state index in [-0.39, 0.29) is 17.9 Å². The summed E-state index contributed by atoms with van der Waals surface area (Å²) in [5.74, 6) is -1.34. The molecule has 4 saturated heterocycles. The summed E-state index contributed by atoms with van der Waals surface area (Å²) in [7, 11) is 0. The molecule has 4 heterocycles. The average Bonchev–Trinajstić information content (AvgIpc) is 3.23. The molecule has 3 N–H and O–H groups in total. The van der Waals surface area contributed by atoms with Crippen LogP contribution in [0.2, 0.25) is 0 Å². The van der Waals surface area contributed by atoms with E-state index >= 15 is 0 Å². The van der Waals surface area contributed by atoms with Gasteiger partial charge in [0.2, 0.25) is 0 Å². The topological polar surface area (TPSA) is 115 Å². The second-order valence-electron chi connectivity index (χ2n) is 10.3. The Kier molecular flexibility index (Phi) is 3.76. The molecule has 5 aliphatic rings. The number of aliphatic hydroxyl groups excluding tert-OH is 3. The first-order valence-corrected chi connectivity index (χ1v) is 10.2. The molecule has 0 aromatic carbocycles. The van der Waals surface area contributed by atoms with E-state index in [4.69, 9.17) is 18.9 Å². The highest BCUT2D eigenvalue weighted by Crippen LogP contribution is 2.80. The second kappa shape index (κ2) is 5.47. The third kappa shape index (κ3) is 1.67. The molecule has 28 heavy (non-hydrogen) atoms. The molecule has 0 bridgehead atoms. The van der Waals surface area contributed by atoms with E-state index in [1.54, 1.807) is 0 Å². The minimum absolute atomic E-state index is 0.130. The quantitative estimate of drug-likeness (QED) is 0.522. The van der Waals surface area contributed by atoms with Gasteiger partial charge in [0.25, 0.3) is 0 Å². The lowest BCUT2D eigenvalue weighted by molar-refractivity contribution is -0.204. The normalized spacial score (nSPS) is 57.5. The number of carbonyl (C=O) groups is 1. The Labute approximate surface area is 164 Å². The number of esters is 1. The molecular formula is C20H30O8. The highest BCUT2D eigenvalue weighted by atomic mass is 16.7. The zero-order valence-corrected chi connectivity index (χ0v) is 16.8. The Morgan fingerprint density at radius 1 is 1.21 bits per heavy atom. The van der Waals surface area contributed by atoms with Crippen molar-refractivity contribution in [3.8, 4) is 0 Å². The zero-order chi connectivity index (χ0) is 20.3. The van der Waals surface area contributed by atoms with E-state index in [1.807, 2.05) is 27.7 Å². The summed E-state index contributed by atoms with van der Waals surface area (Å²) in [6.45, 7) is 8.10. The van der Waals surface area contributed by atoms with Crippen LogP contribution in [0.15, 0.2) is 0 Å². The summed E-state index contributed by atoms with van der Waals surface area (Å²) in [5.41, 5.74) is -3.91. The van der Waals surface area contributed by atoms with Crippen LogP contribution in [0.1, 0.15) is 34.1 Å². The molecule has 1 saturated carbocycles. The molecule has 5 fully saturated rings. The predicted molar refractivity (Wildman–Crippen MR) is 93.9 cm³/mol. The third-order valence-electron chi connectivity index (χ3n) is 8.26. The third-order valence-corrected chi connectivity index (χ3v) is 8.26. The van der Waals surface area contributed by atoms with Crippen molar-refractivity contribution in [2.24, 2.45) is 28.1 Å². The number of hydrogen-bond acceptors (Lipinski definition) is 8. The Morgan fingerprint density at radius 3 is 2.57 bits per heavy atom. The Hall–Kier alpha value is -0.770. The molecule has 0 radical (unpaired) electrons. The number of carbonyl (C=O) groups excluding carboxylic acids is 1. The second-order valence-corrected chi connectivity index (χ2v) is 10.3. The monoisotopic (exact) mass is 398 g/mol. The Balaban J connectivity index is 1.85. The van der Waals surface area contributed by atoms with Gasteiger partial charge in [-0.2, -0.15) is 0 Å². The summed E-state index contributed by atoms with van der Waals surface area (Å²) < 4.78 is 24.0. The summed E-state index contributed by atoms with van der Waals surface area (Å²) >= 11 is 0. The van der Waals surface area contributed by atoms with Crippen LogP contribution in [-0.4, -0.2) is 77.4 Å². The molecule has 8 heteroatoms. The molecule has 0 aromatic rings. The van der Waals surface area contributed by atoms with Gasteiger partial charge in [0.15, 0.2) is 11.9 Å². The molecular weight excluding hydrogens is 368 g/mol. The van der Waals surface area contributed by atoms with Crippen LogP contribution in [0.25, 0.3) is 0 Å².